The fourth-order valence-corrected chi connectivity index (χ4v) is 2.03. The van der Waals surface area contributed by atoms with Gasteiger partial charge in [-0.3, -0.25) is 0 Å². The van der Waals surface area contributed by atoms with Gasteiger partial charge in [-0.15, -0.1) is 0 Å². The second-order valence-electron chi connectivity index (χ2n) is 3.96. The fraction of sp³-hybridized carbons (Fsp3) is 0.0714. The smallest absolute Gasteiger partial charge is 0.338 e. The molecular weight excluding hydrogens is 255 g/mol. The Balaban J connectivity index is 2.58. The molecule has 0 unspecified atom stereocenters. The molecule has 0 radical (unpaired) electrons. The van der Waals surface area contributed by atoms with E-state index in [2.05, 4.69) is 0 Å². The normalized spacial score (nSPS) is 10.4. The van der Waals surface area contributed by atoms with Crippen LogP contribution in [0, 0.1) is 12.7 Å². The Hall–Kier alpha value is -1.87. The molecule has 0 aromatic heterocycles. The van der Waals surface area contributed by atoms with Crippen molar-refractivity contribution in [3.05, 3.63) is 58.4 Å². The van der Waals surface area contributed by atoms with Crippen molar-refractivity contribution in [1.82, 2.24) is 0 Å². The topological polar surface area (TPSA) is 37.3 Å². The van der Waals surface area contributed by atoms with E-state index in [0.29, 0.717) is 10.6 Å². The standard InChI is InChI=1S/C14H10ClFO2/c1-8-6-10(15)3-4-11(8)9-2-5-13(16)12(7-9)14(17)18/h2-7H,1H3,(H,17,18). The molecule has 0 atom stereocenters. The number of benzene rings is 2. The summed E-state index contributed by atoms with van der Waals surface area (Å²) in [5, 5.41) is 9.50. The van der Waals surface area contributed by atoms with Crippen molar-refractivity contribution >= 4 is 17.6 Å². The van der Waals surface area contributed by atoms with Crippen LogP contribution in [0.15, 0.2) is 36.4 Å². The van der Waals surface area contributed by atoms with Gasteiger partial charge in [0.2, 0.25) is 0 Å². The maximum absolute atomic E-state index is 13.3. The minimum absolute atomic E-state index is 0.332. The minimum atomic E-state index is -1.28. The number of carbonyl (C=O) groups is 1. The van der Waals surface area contributed by atoms with E-state index in [1.165, 1.54) is 6.07 Å². The highest BCUT2D eigenvalue weighted by Gasteiger charge is 2.12. The third-order valence-electron chi connectivity index (χ3n) is 2.70. The van der Waals surface area contributed by atoms with Gasteiger partial charge in [0.05, 0.1) is 5.56 Å². The summed E-state index contributed by atoms with van der Waals surface area (Å²) in [5.74, 6) is -2.01. The van der Waals surface area contributed by atoms with Crippen molar-refractivity contribution in [2.45, 2.75) is 6.92 Å². The summed E-state index contributed by atoms with van der Waals surface area (Å²) in [6, 6.07) is 9.32. The number of hydrogen-bond acceptors (Lipinski definition) is 1. The molecule has 2 aromatic carbocycles. The molecule has 0 aliphatic rings. The number of rotatable bonds is 2. The SMILES string of the molecule is Cc1cc(Cl)ccc1-c1ccc(F)c(C(=O)O)c1. The Morgan fingerprint density at radius 1 is 1.22 bits per heavy atom. The molecule has 1 N–H and O–H groups in total. The van der Waals surface area contributed by atoms with Crippen LogP contribution >= 0.6 is 11.6 Å². The fourth-order valence-electron chi connectivity index (χ4n) is 1.81. The molecule has 0 spiro atoms. The highest BCUT2D eigenvalue weighted by molar-refractivity contribution is 6.30. The van der Waals surface area contributed by atoms with E-state index >= 15 is 0 Å². The molecule has 92 valence electrons. The largest absolute Gasteiger partial charge is 0.478 e. The van der Waals surface area contributed by atoms with Gasteiger partial charge in [-0.2, -0.15) is 0 Å². The Labute approximate surface area is 109 Å². The van der Waals surface area contributed by atoms with Gasteiger partial charge in [0.1, 0.15) is 5.82 Å². The maximum atomic E-state index is 13.3. The van der Waals surface area contributed by atoms with Crippen LogP contribution in [0.5, 0.6) is 0 Å². The molecule has 4 heteroatoms. The molecule has 2 nitrogen and oxygen atoms in total. The van der Waals surface area contributed by atoms with Crippen LogP contribution in [0.25, 0.3) is 11.1 Å². The van der Waals surface area contributed by atoms with Crippen molar-refractivity contribution in [1.29, 1.82) is 0 Å². The molecule has 0 heterocycles. The molecular formula is C14H10ClFO2. The van der Waals surface area contributed by atoms with Gasteiger partial charge in [0, 0.05) is 5.02 Å². The minimum Gasteiger partial charge on any atom is -0.478 e. The summed E-state index contributed by atoms with van der Waals surface area (Å²) in [5.41, 5.74) is 2.07. The predicted molar refractivity (Wildman–Crippen MR) is 68.5 cm³/mol. The van der Waals surface area contributed by atoms with Gasteiger partial charge in [-0.05, 0) is 47.9 Å². The van der Waals surface area contributed by atoms with Gasteiger partial charge >= 0.3 is 5.97 Å². The summed E-state index contributed by atoms with van der Waals surface area (Å²) < 4.78 is 13.3. The summed E-state index contributed by atoms with van der Waals surface area (Å²) in [4.78, 5) is 10.9. The van der Waals surface area contributed by atoms with Crippen LogP contribution in [0.3, 0.4) is 0 Å². The highest BCUT2D eigenvalue weighted by Crippen LogP contribution is 2.27. The van der Waals surface area contributed by atoms with Crippen molar-refractivity contribution in [2.75, 3.05) is 0 Å². The second-order valence-corrected chi connectivity index (χ2v) is 4.40. The van der Waals surface area contributed by atoms with Gasteiger partial charge < -0.3 is 5.11 Å². The molecule has 0 saturated carbocycles. The highest BCUT2D eigenvalue weighted by atomic mass is 35.5. The lowest BCUT2D eigenvalue weighted by molar-refractivity contribution is 0.0692. The first-order valence-corrected chi connectivity index (χ1v) is 5.66. The molecule has 18 heavy (non-hydrogen) atoms. The summed E-state index contributed by atoms with van der Waals surface area (Å²) >= 11 is 5.86. The predicted octanol–water partition coefficient (Wildman–Crippen LogP) is 4.15. The molecule has 0 aliphatic heterocycles. The van der Waals surface area contributed by atoms with Gasteiger partial charge in [-0.1, -0.05) is 23.7 Å². The second kappa shape index (κ2) is 4.78. The van der Waals surface area contributed by atoms with Crippen molar-refractivity contribution in [3.8, 4) is 11.1 Å². The molecule has 0 bridgehead atoms. The molecule has 0 amide bonds. The van der Waals surface area contributed by atoms with Crippen LogP contribution in [-0.4, -0.2) is 11.1 Å². The Bertz CT molecular complexity index is 623. The van der Waals surface area contributed by atoms with E-state index in [9.17, 15) is 9.18 Å². The van der Waals surface area contributed by atoms with Gasteiger partial charge in [0.25, 0.3) is 0 Å². The summed E-state index contributed by atoms with van der Waals surface area (Å²) in [6.07, 6.45) is 0. The molecule has 2 aromatic rings. The van der Waals surface area contributed by atoms with Crippen molar-refractivity contribution < 1.29 is 14.3 Å². The van der Waals surface area contributed by atoms with Crippen LogP contribution < -0.4 is 0 Å². The lowest BCUT2D eigenvalue weighted by Crippen LogP contribution is -2.00. The Morgan fingerprint density at radius 2 is 1.94 bits per heavy atom. The Morgan fingerprint density at radius 3 is 2.56 bits per heavy atom. The molecule has 0 aliphatic carbocycles. The van der Waals surface area contributed by atoms with E-state index in [0.717, 1.165) is 17.2 Å². The summed E-state index contributed by atoms with van der Waals surface area (Å²) in [6.45, 7) is 1.87. The third-order valence-corrected chi connectivity index (χ3v) is 2.93. The first kappa shape index (κ1) is 12.6. The van der Waals surface area contributed by atoms with Crippen LogP contribution in [0.4, 0.5) is 4.39 Å². The summed E-state index contributed by atoms with van der Waals surface area (Å²) in [7, 11) is 0. The average molecular weight is 265 g/mol. The maximum Gasteiger partial charge on any atom is 0.338 e. The number of hydrogen-bond donors (Lipinski definition) is 1. The number of aromatic carboxylic acids is 1. The lowest BCUT2D eigenvalue weighted by Gasteiger charge is -2.08. The van der Waals surface area contributed by atoms with Crippen LogP contribution in [0.2, 0.25) is 5.02 Å². The van der Waals surface area contributed by atoms with Crippen molar-refractivity contribution in [2.24, 2.45) is 0 Å². The quantitative estimate of drug-likeness (QED) is 0.885. The molecule has 0 fully saturated rings. The van der Waals surface area contributed by atoms with E-state index in [-0.39, 0.29) is 5.56 Å². The number of aryl methyl sites for hydroxylation is 1. The lowest BCUT2D eigenvalue weighted by atomic mass is 9.99. The number of halogens is 2. The van der Waals surface area contributed by atoms with Crippen molar-refractivity contribution in [3.63, 3.8) is 0 Å². The first-order valence-electron chi connectivity index (χ1n) is 5.28. The van der Waals surface area contributed by atoms with E-state index < -0.39 is 11.8 Å². The third kappa shape index (κ3) is 2.36. The van der Waals surface area contributed by atoms with Gasteiger partial charge in [0.15, 0.2) is 0 Å². The van der Waals surface area contributed by atoms with E-state index in [1.54, 1.807) is 24.3 Å². The van der Waals surface area contributed by atoms with Crippen LogP contribution in [-0.2, 0) is 0 Å². The molecule has 0 saturated heterocycles. The zero-order chi connectivity index (χ0) is 13.3. The Kier molecular flexibility index (Phi) is 3.34. The zero-order valence-electron chi connectivity index (χ0n) is 9.58. The number of carboxylic acids is 1. The zero-order valence-corrected chi connectivity index (χ0v) is 10.3. The first-order chi connectivity index (χ1) is 8.49. The molecule has 2 rings (SSSR count). The number of carboxylic acid groups (broad SMARTS) is 1. The monoisotopic (exact) mass is 264 g/mol. The van der Waals surface area contributed by atoms with E-state index in [1.807, 2.05) is 6.92 Å². The average Bonchev–Trinajstić information content (AvgIpc) is 2.30. The van der Waals surface area contributed by atoms with Gasteiger partial charge in [-0.25, -0.2) is 9.18 Å². The van der Waals surface area contributed by atoms with E-state index in [4.69, 9.17) is 16.7 Å². The van der Waals surface area contributed by atoms with Crippen LogP contribution in [0.1, 0.15) is 15.9 Å².